The minimum absolute atomic E-state index is 0.707. The van der Waals surface area contributed by atoms with Crippen molar-refractivity contribution in [3.63, 3.8) is 0 Å². The SMILES string of the molecule is CCNC(C)(CCCCN(CC1CC1)C1CC1)C(=O)O. The first-order chi connectivity index (χ1) is 9.55. The van der Waals surface area contributed by atoms with Crippen molar-refractivity contribution in [1.82, 2.24) is 10.2 Å². The lowest BCUT2D eigenvalue weighted by molar-refractivity contribution is -0.144. The molecule has 0 heterocycles. The van der Waals surface area contributed by atoms with Gasteiger partial charge in [0.25, 0.3) is 0 Å². The number of carbonyl (C=O) groups is 1. The smallest absolute Gasteiger partial charge is 0.323 e. The summed E-state index contributed by atoms with van der Waals surface area (Å²) in [6.45, 7) is 6.92. The number of unbranched alkanes of at least 4 members (excludes halogenated alkanes) is 1. The van der Waals surface area contributed by atoms with Gasteiger partial charge >= 0.3 is 5.97 Å². The minimum Gasteiger partial charge on any atom is -0.480 e. The molecule has 0 amide bonds. The van der Waals surface area contributed by atoms with Crippen LogP contribution in [-0.4, -0.2) is 47.2 Å². The van der Waals surface area contributed by atoms with Crippen LogP contribution in [0.3, 0.4) is 0 Å². The molecule has 0 aromatic rings. The second-order valence-corrected chi connectivity index (χ2v) is 6.79. The van der Waals surface area contributed by atoms with Crippen molar-refractivity contribution < 1.29 is 9.90 Å². The van der Waals surface area contributed by atoms with Crippen molar-refractivity contribution in [2.75, 3.05) is 19.6 Å². The molecule has 2 N–H and O–H groups in total. The standard InChI is InChI=1S/C16H30N2O2/c1-3-17-16(2,15(19)20)10-4-5-11-18(14-8-9-14)12-13-6-7-13/h13-14,17H,3-12H2,1-2H3,(H,19,20). The number of carboxylic acids is 1. The summed E-state index contributed by atoms with van der Waals surface area (Å²) in [6, 6.07) is 0.843. The summed E-state index contributed by atoms with van der Waals surface area (Å²) in [7, 11) is 0. The van der Waals surface area contributed by atoms with Crippen LogP contribution in [0.1, 0.15) is 58.8 Å². The summed E-state index contributed by atoms with van der Waals surface area (Å²) in [5.41, 5.74) is -0.754. The molecular formula is C16H30N2O2. The molecule has 2 saturated carbocycles. The van der Waals surface area contributed by atoms with E-state index < -0.39 is 11.5 Å². The summed E-state index contributed by atoms with van der Waals surface area (Å²) in [4.78, 5) is 14.0. The maximum atomic E-state index is 11.3. The van der Waals surface area contributed by atoms with Gasteiger partial charge in [0.15, 0.2) is 0 Å². The molecule has 2 aliphatic carbocycles. The molecule has 116 valence electrons. The van der Waals surface area contributed by atoms with Crippen LogP contribution in [0.15, 0.2) is 0 Å². The fraction of sp³-hybridized carbons (Fsp3) is 0.938. The number of rotatable bonds is 11. The minimum atomic E-state index is -0.754. The highest BCUT2D eigenvalue weighted by molar-refractivity contribution is 5.78. The van der Waals surface area contributed by atoms with Crippen LogP contribution in [0.4, 0.5) is 0 Å². The number of carboxylic acid groups (broad SMARTS) is 1. The Labute approximate surface area is 122 Å². The zero-order valence-corrected chi connectivity index (χ0v) is 13.0. The van der Waals surface area contributed by atoms with Crippen LogP contribution in [-0.2, 0) is 4.79 Å². The Morgan fingerprint density at radius 1 is 1.30 bits per heavy atom. The van der Waals surface area contributed by atoms with E-state index in [0.29, 0.717) is 6.54 Å². The van der Waals surface area contributed by atoms with Gasteiger partial charge in [-0.3, -0.25) is 4.79 Å². The van der Waals surface area contributed by atoms with E-state index in [2.05, 4.69) is 10.2 Å². The summed E-state index contributed by atoms with van der Waals surface area (Å²) in [5.74, 6) is 0.234. The summed E-state index contributed by atoms with van der Waals surface area (Å²) >= 11 is 0. The summed E-state index contributed by atoms with van der Waals surface area (Å²) < 4.78 is 0. The van der Waals surface area contributed by atoms with Gasteiger partial charge < -0.3 is 15.3 Å². The highest BCUT2D eigenvalue weighted by Gasteiger charge is 2.34. The second-order valence-electron chi connectivity index (χ2n) is 6.79. The van der Waals surface area contributed by atoms with E-state index in [-0.39, 0.29) is 0 Å². The van der Waals surface area contributed by atoms with Gasteiger partial charge in [0.2, 0.25) is 0 Å². The Bertz CT molecular complexity index is 326. The molecule has 2 rings (SSSR count). The molecule has 0 aromatic heterocycles. The van der Waals surface area contributed by atoms with Crippen LogP contribution >= 0.6 is 0 Å². The van der Waals surface area contributed by atoms with Crippen LogP contribution in [0, 0.1) is 5.92 Å². The zero-order valence-electron chi connectivity index (χ0n) is 13.0. The van der Waals surface area contributed by atoms with Crippen LogP contribution in [0.2, 0.25) is 0 Å². The number of nitrogens with zero attached hydrogens (tertiary/aromatic N) is 1. The van der Waals surface area contributed by atoms with Gasteiger partial charge in [-0.1, -0.05) is 6.92 Å². The van der Waals surface area contributed by atoms with Gasteiger partial charge in [0.05, 0.1) is 0 Å². The highest BCUT2D eigenvalue weighted by atomic mass is 16.4. The molecule has 20 heavy (non-hydrogen) atoms. The number of hydrogen-bond donors (Lipinski definition) is 2. The van der Waals surface area contributed by atoms with Gasteiger partial charge in [-0.05, 0) is 70.9 Å². The topological polar surface area (TPSA) is 52.6 Å². The molecule has 0 saturated heterocycles. The van der Waals surface area contributed by atoms with Crippen molar-refractivity contribution >= 4 is 5.97 Å². The molecule has 0 radical (unpaired) electrons. The quantitative estimate of drug-likeness (QED) is 0.572. The lowest BCUT2D eigenvalue weighted by atomic mass is 9.95. The summed E-state index contributed by atoms with van der Waals surface area (Å²) in [6.07, 6.45) is 8.41. The van der Waals surface area contributed by atoms with E-state index in [4.69, 9.17) is 0 Å². The Balaban J connectivity index is 1.66. The van der Waals surface area contributed by atoms with Gasteiger partial charge in [0, 0.05) is 12.6 Å². The fourth-order valence-corrected chi connectivity index (χ4v) is 2.95. The van der Waals surface area contributed by atoms with Crippen LogP contribution in [0.5, 0.6) is 0 Å². The molecular weight excluding hydrogens is 252 g/mol. The third-order valence-corrected chi connectivity index (χ3v) is 4.66. The average Bonchev–Trinajstić information content (AvgIpc) is 3.26. The molecule has 2 aliphatic rings. The Morgan fingerprint density at radius 3 is 2.50 bits per heavy atom. The molecule has 0 aliphatic heterocycles. The monoisotopic (exact) mass is 282 g/mol. The Hall–Kier alpha value is -0.610. The molecule has 0 aromatic carbocycles. The van der Waals surface area contributed by atoms with Gasteiger partial charge in [0.1, 0.15) is 5.54 Å². The van der Waals surface area contributed by atoms with Crippen molar-refractivity contribution in [3.05, 3.63) is 0 Å². The fourth-order valence-electron chi connectivity index (χ4n) is 2.95. The number of aliphatic carboxylic acids is 1. The number of hydrogen-bond acceptors (Lipinski definition) is 3. The molecule has 0 bridgehead atoms. The van der Waals surface area contributed by atoms with E-state index in [1.807, 2.05) is 13.8 Å². The van der Waals surface area contributed by atoms with E-state index in [9.17, 15) is 9.90 Å². The van der Waals surface area contributed by atoms with Gasteiger partial charge in [-0.25, -0.2) is 0 Å². The lowest BCUT2D eigenvalue weighted by Crippen LogP contribution is -2.49. The van der Waals surface area contributed by atoms with Crippen molar-refractivity contribution in [1.29, 1.82) is 0 Å². The van der Waals surface area contributed by atoms with Crippen molar-refractivity contribution in [2.24, 2.45) is 5.92 Å². The first kappa shape index (κ1) is 15.8. The lowest BCUT2D eigenvalue weighted by Gasteiger charge is -2.27. The first-order valence-corrected chi connectivity index (χ1v) is 8.27. The molecule has 0 spiro atoms. The highest BCUT2D eigenvalue weighted by Crippen LogP contribution is 2.35. The zero-order chi connectivity index (χ0) is 14.6. The summed E-state index contributed by atoms with van der Waals surface area (Å²) in [5, 5.41) is 12.4. The normalized spacial score (nSPS) is 21.9. The maximum absolute atomic E-state index is 11.3. The second kappa shape index (κ2) is 6.90. The number of likely N-dealkylation sites (N-methyl/N-ethyl adjacent to an activating group) is 1. The van der Waals surface area contributed by atoms with Gasteiger partial charge in [-0.15, -0.1) is 0 Å². The van der Waals surface area contributed by atoms with E-state index >= 15 is 0 Å². The predicted molar refractivity (Wildman–Crippen MR) is 80.9 cm³/mol. The maximum Gasteiger partial charge on any atom is 0.323 e. The molecule has 1 atom stereocenters. The number of nitrogens with one attached hydrogen (secondary N) is 1. The van der Waals surface area contributed by atoms with Crippen molar-refractivity contribution in [3.8, 4) is 0 Å². The molecule has 2 fully saturated rings. The van der Waals surface area contributed by atoms with Crippen molar-refractivity contribution in [2.45, 2.75) is 70.4 Å². The van der Waals surface area contributed by atoms with Crippen LogP contribution < -0.4 is 5.32 Å². The third-order valence-electron chi connectivity index (χ3n) is 4.66. The van der Waals surface area contributed by atoms with E-state index in [1.165, 1.54) is 32.2 Å². The first-order valence-electron chi connectivity index (χ1n) is 8.27. The van der Waals surface area contributed by atoms with Crippen LogP contribution in [0.25, 0.3) is 0 Å². The average molecular weight is 282 g/mol. The van der Waals surface area contributed by atoms with E-state index in [0.717, 1.165) is 37.8 Å². The van der Waals surface area contributed by atoms with E-state index in [1.54, 1.807) is 0 Å². The molecule has 4 nitrogen and oxygen atoms in total. The Morgan fingerprint density at radius 2 is 2.00 bits per heavy atom. The molecule has 4 heteroatoms. The Kier molecular flexibility index (Phi) is 5.44. The third kappa shape index (κ3) is 4.74. The largest absolute Gasteiger partial charge is 0.480 e. The molecule has 1 unspecified atom stereocenters. The van der Waals surface area contributed by atoms with Gasteiger partial charge in [-0.2, -0.15) is 0 Å². The predicted octanol–water partition coefficient (Wildman–Crippen LogP) is 2.48.